The van der Waals surface area contributed by atoms with Gasteiger partial charge in [0.05, 0.1) is 25.6 Å². The highest BCUT2D eigenvalue weighted by Gasteiger charge is 2.25. The summed E-state index contributed by atoms with van der Waals surface area (Å²) in [5, 5.41) is 6.85. The first-order chi connectivity index (χ1) is 7.55. The zero-order valence-electron chi connectivity index (χ0n) is 10.2. The van der Waals surface area contributed by atoms with Crippen LogP contribution in [0, 0.1) is 0 Å². The summed E-state index contributed by atoms with van der Waals surface area (Å²) in [6, 6.07) is 3.92. The topological polar surface area (TPSA) is 42.5 Å². The Morgan fingerprint density at radius 1 is 1.06 bits per heavy atom. The minimum Gasteiger partial charge on any atom is -0.493 e. The highest BCUT2D eigenvalue weighted by molar-refractivity contribution is 5.76. The summed E-state index contributed by atoms with van der Waals surface area (Å²) in [7, 11) is 3.29. The number of hydrogen-bond acceptors (Lipinski definition) is 4. The lowest BCUT2D eigenvalue weighted by Gasteiger charge is -2.35. The van der Waals surface area contributed by atoms with Crippen molar-refractivity contribution in [2.45, 2.75) is 19.4 Å². The summed E-state index contributed by atoms with van der Waals surface area (Å²) in [5.41, 5.74) is 2.15. The number of anilines is 2. The molecule has 0 radical (unpaired) electrons. The molecule has 0 unspecified atom stereocenters. The predicted octanol–water partition coefficient (Wildman–Crippen LogP) is 2.32. The molecule has 1 aromatic carbocycles. The maximum Gasteiger partial charge on any atom is 0.162 e. The second-order valence-electron chi connectivity index (χ2n) is 4.62. The Bertz CT molecular complexity index is 402. The molecular weight excluding hydrogens is 204 g/mol. The number of methoxy groups -OCH3 is 2. The van der Waals surface area contributed by atoms with Crippen molar-refractivity contribution in [2.75, 3.05) is 31.4 Å². The van der Waals surface area contributed by atoms with Crippen molar-refractivity contribution in [3.63, 3.8) is 0 Å². The van der Waals surface area contributed by atoms with Crippen LogP contribution in [-0.2, 0) is 0 Å². The normalized spacial score (nSPS) is 16.8. The zero-order chi connectivity index (χ0) is 11.8. The highest BCUT2D eigenvalue weighted by atomic mass is 16.5. The lowest BCUT2D eigenvalue weighted by atomic mass is 10.0. The molecule has 4 heteroatoms. The molecule has 0 bridgehead atoms. The molecule has 16 heavy (non-hydrogen) atoms. The van der Waals surface area contributed by atoms with Crippen molar-refractivity contribution in [3.05, 3.63) is 12.1 Å². The molecule has 0 spiro atoms. The van der Waals surface area contributed by atoms with Gasteiger partial charge in [-0.15, -0.1) is 0 Å². The molecule has 0 amide bonds. The highest BCUT2D eigenvalue weighted by Crippen LogP contribution is 2.39. The first-order valence-corrected chi connectivity index (χ1v) is 5.34. The summed E-state index contributed by atoms with van der Waals surface area (Å²) in [6.45, 7) is 5.19. The fourth-order valence-corrected chi connectivity index (χ4v) is 1.85. The standard InChI is InChI=1S/C12H18N2O2/c1-12(2)7-13-8-5-10(15-3)11(16-4)6-9(8)14-12/h5-6,13-14H,7H2,1-4H3. The van der Waals surface area contributed by atoms with E-state index in [0.717, 1.165) is 29.4 Å². The third kappa shape index (κ3) is 1.87. The third-order valence-electron chi connectivity index (χ3n) is 2.72. The van der Waals surface area contributed by atoms with E-state index in [-0.39, 0.29) is 5.54 Å². The smallest absolute Gasteiger partial charge is 0.162 e. The number of rotatable bonds is 2. The predicted molar refractivity (Wildman–Crippen MR) is 65.7 cm³/mol. The van der Waals surface area contributed by atoms with Crippen LogP contribution in [0.25, 0.3) is 0 Å². The van der Waals surface area contributed by atoms with Crippen molar-refractivity contribution in [1.82, 2.24) is 0 Å². The lowest BCUT2D eigenvalue weighted by molar-refractivity contribution is 0.355. The molecule has 1 aliphatic rings. The van der Waals surface area contributed by atoms with E-state index in [1.165, 1.54) is 0 Å². The molecule has 1 heterocycles. The Morgan fingerprint density at radius 2 is 1.62 bits per heavy atom. The van der Waals surface area contributed by atoms with Gasteiger partial charge < -0.3 is 20.1 Å². The van der Waals surface area contributed by atoms with Gasteiger partial charge in [0.25, 0.3) is 0 Å². The molecule has 0 saturated heterocycles. The second kappa shape index (κ2) is 3.77. The fourth-order valence-electron chi connectivity index (χ4n) is 1.85. The fraction of sp³-hybridized carbons (Fsp3) is 0.500. The van der Waals surface area contributed by atoms with Crippen molar-refractivity contribution in [1.29, 1.82) is 0 Å². The Morgan fingerprint density at radius 3 is 2.19 bits per heavy atom. The molecule has 0 aromatic heterocycles. The van der Waals surface area contributed by atoms with Gasteiger partial charge in [-0.05, 0) is 13.8 Å². The van der Waals surface area contributed by atoms with Crippen molar-refractivity contribution < 1.29 is 9.47 Å². The van der Waals surface area contributed by atoms with E-state index < -0.39 is 0 Å². The van der Waals surface area contributed by atoms with Crippen molar-refractivity contribution in [2.24, 2.45) is 0 Å². The molecule has 1 aromatic rings. The van der Waals surface area contributed by atoms with Crippen LogP contribution in [0.5, 0.6) is 11.5 Å². The Labute approximate surface area is 95.9 Å². The largest absolute Gasteiger partial charge is 0.493 e. The number of nitrogens with one attached hydrogen (secondary N) is 2. The minimum atomic E-state index is 0.0482. The molecule has 0 atom stereocenters. The zero-order valence-corrected chi connectivity index (χ0v) is 10.2. The number of fused-ring (bicyclic) bond motifs is 1. The van der Waals surface area contributed by atoms with Gasteiger partial charge in [-0.3, -0.25) is 0 Å². The summed E-state index contributed by atoms with van der Waals surface area (Å²) in [5.74, 6) is 1.49. The molecule has 2 N–H and O–H groups in total. The first kappa shape index (κ1) is 10.9. The SMILES string of the molecule is COc1cc2c(cc1OC)NC(C)(C)CN2. The van der Waals surface area contributed by atoms with Gasteiger partial charge in [0.15, 0.2) is 11.5 Å². The lowest BCUT2D eigenvalue weighted by Crippen LogP contribution is -2.42. The van der Waals surface area contributed by atoms with E-state index >= 15 is 0 Å². The Balaban J connectivity index is 2.42. The van der Waals surface area contributed by atoms with Gasteiger partial charge in [0.1, 0.15) is 0 Å². The molecule has 0 aliphatic carbocycles. The first-order valence-electron chi connectivity index (χ1n) is 5.34. The second-order valence-corrected chi connectivity index (χ2v) is 4.62. The quantitative estimate of drug-likeness (QED) is 0.806. The van der Waals surface area contributed by atoms with Crippen LogP contribution in [0.2, 0.25) is 0 Å². The summed E-state index contributed by atoms with van der Waals surface area (Å²) in [4.78, 5) is 0. The maximum atomic E-state index is 5.28. The van der Waals surface area contributed by atoms with Gasteiger partial charge in [0.2, 0.25) is 0 Å². The average molecular weight is 222 g/mol. The molecule has 2 rings (SSSR count). The van der Waals surface area contributed by atoms with E-state index in [9.17, 15) is 0 Å². The van der Waals surface area contributed by atoms with Crippen LogP contribution < -0.4 is 20.1 Å². The summed E-state index contributed by atoms with van der Waals surface area (Å²) < 4.78 is 10.5. The van der Waals surface area contributed by atoms with E-state index in [4.69, 9.17) is 9.47 Å². The van der Waals surface area contributed by atoms with Gasteiger partial charge in [-0.1, -0.05) is 0 Å². The van der Waals surface area contributed by atoms with E-state index in [2.05, 4.69) is 24.5 Å². The van der Waals surface area contributed by atoms with Gasteiger partial charge in [-0.2, -0.15) is 0 Å². The maximum absolute atomic E-state index is 5.28. The van der Waals surface area contributed by atoms with Gasteiger partial charge in [0, 0.05) is 24.2 Å². The monoisotopic (exact) mass is 222 g/mol. The van der Waals surface area contributed by atoms with E-state index in [0.29, 0.717) is 0 Å². The van der Waals surface area contributed by atoms with E-state index in [1.807, 2.05) is 12.1 Å². The van der Waals surface area contributed by atoms with Crippen LogP contribution in [-0.4, -0.2) is 26.3 Å². The molecule has 0 saturated carbocycles. The van der Waals surface area contributed by atoms with Crippen LogP contribution in [0.3, 0.4) is 0 Å². The Kier molecular flexibility index (Phi) is 2.58. The van der Waals surface area contributed by atoms with Crippen LogP contribution in [0.4, 0.5) is 11.4 Å². The van der Waals surface area contributed by atoms with Crippen LogP contribution in [0.1, 0.15) is 13.8 Å². The van der Waals surface area contributed by atoms with Crippen LogP contribution >= 0.6 is 0 Å². The average Bonchev–Trinajstić information content (AvgIpc) is 2.26. The molecule has 4 nitrogen and oxygen atoms in total. The van der Waals surface area contributed by atoms with Crippen LogP contribution in [0.15, 0.2) is 12.1 Å². The minimum absolute atomic E-state index is 0.0482. The molecular formula is C12H18N2O2. The Hall–Kier alpha value is -1.58. The van der Waals surface area contributed by atoms with E-state index in [1.54, 1.807) is 14.2 Å². The molecule has 0 fully saturated rings. The third-order valence-corrected chi connectivity index (χ3v) is 2.72. The number of benzene rings is 1. The number of hydrogen-bond donors (Lipinski definition) is 2. The van der Waals surface area contributed by atoms with Crippen molar-refractivity contribution in [3.8, 4) is 11.5 Å². The van der Waals surface area contributed by atoms with Crippen molar-refractivity contribution >= 4 is 11.4 Å². The summed E-state index contributed by atoms with van der Waals surface area (Å²) >= 11 is 0. The van der Waals surface area contributed by atoms with Gasteiger partial charge >= 0.3 is 0 Å². The molecule has 1 aliphatic heterocycles. The number of ether oxygens (including phenoxy) is 2. The summed E-state index contributed by atoms with van der Waals surface area (Å²) in [6.07, 6.45) is 0. The molecule has 88 valence electrons. The van der Waals surface area contributed by atoms with Gasteiger partial charge in [-0.25, -0.2) is 0 Å².